The minimum absolute atomic E-state index is 0.113. The van der Waals surface area contributed by atoms with Gasteiger partial charge in [0, 0.05) is 39.3 Å². The van der Waals surface area contributed by atoms with Gasteiger partial charge >= 0.3 is 5.97 Å². The Morgan fingerprint density at radius 3 is 2.42 bits per heavy atom. The van der Waals surface area contributed by atoms with Gasteiger partial charge in [-0.1, -0.05) is 30.3 Å². The van der Waals surface area contributed by atoms with E-state index in [1.165, 1.54) is 22.6 Å². The molecule has 2 aromatic carbocycles. The lowest BCUT2D eigenvalue weighted by Gasteiger charge is -2.34. The number of amides is 1. The van der Waals surface area contributed by atoms with Crippen molar-refractivity contribution in [3.05, 3.63) is 69.8 Å². The van der Waals surface area contributed by atoms with E-state index in [1.54, 1.807) is 20.2 Å². The Balaban J connectivity index is 1.72. The molecule has 1 heterocycles. The van der Waals surface area contributed by atoms with Crippen molar-refractivity contribution in [3.8, 4) is 0 Å². The first kappa shape index (κ1) is 22.3. The van der Waals surface area contributed by atoms with Crippen molar-refractivity contribution in [2.75, 3.05) is 38.7 Å². The van der Waals surface area contributed by atoms with Gasteiger partial charge in [-0.2, -0.15) is 0 Å². The highest BCUT2D eigenvalue weighted by Crippen LogP contribution is 2.31. The van der Waals surface area contributed by atoms with Crippen molar-refractivity contribution in [3.63, 3.8) is 0 Å². The molecular formula is C23H27N3O5. The van der Waals surface area contributed by atoms with Gasteiger partial charge in [0.25, 0.3) is 11.6 Å². The molecule has 1 amide bonds. The van der Waals surface area contributed by atoms with Crippen LogP contribution in [-0.2, 0) is 16.0 Å². The Kier molecular flexibility index (Phi) is 7.23. The van der Waals surface area contributed by atoms with E-state index in [0.29, 0.717) is 11.6 Å². The lowest BCUT2D eigenvalue weighted by Crippen LogP contribution is -2.35. The third kappa shape index (κ3) is 5.81. The summed E-state index contributed by atoms with van der Waals surface area (Å²) < 4.78 is 5.14. The largest absolute Gasteiger partial charge is 0.452 e. The number of nitrogens with zero attached hydrogens (tertiary/aromatic N) is 3. The van der Waals surface area contributed by atoms with Crippen LogP contribution in [0.2, 0.25) is 0 Å². The molecular weight excluding hydrogens is 398 g/mol. The number of ether oxygens (including phenoxy) is 1. The highest BCUT2D eigenvalue weighted by atomic mass is 16.6. The van der Waals surface area contributed by atoms with Crippen molar-refractivity contribution in [2.24, 2.45) is 5.92 Å². The maximum absolute atomic E-state index is 12.7. The van der Waals surface area contributed by atoms with E-state index in [9.17, 15) is 19.7 Å². The quantitative estimate of drug-likeness (QED) is 0.384. The van der Waals surface area contributed by atoms with Crippen molar-refractivity contribution < 1.29 is 19.2 Å². The molecule has 0 aliphatic carbocycles. The van der Waals surface area contributed by atoms with Gasteiger partial charge in [0.1, 0.15) is 0 Å². The predicted molar refractivity (Wildman–Crippen MR) is 117 cm³/mol. The maximum atomic E-state index is 12.7. The van der Waals surface area contributed by atoms with Gasteiger partial charge < -0.3 is 14.5 Å². The van der Waals surface area contributed by atoms with E-state index in [-0.39, 0.29) is 17.2 Å². The molecule has 8 nitrogen and oxygen atoms in total. The van der Waals surface area contributed by atoms with Crippen LogP contribution in [0.5, 0.6) is 0 Å². The monoisotopic (exact) mass is 425 g/mol. The number of esters is 1. The number of benzene rings is 2. The predicted octanol–water partition coefficient (Wildman–Crippen LogP) is 3.30. The van der Waals surface area contributed by atoms with Crippen LogP contribution in [0, 0.1) is 16.0 Å². The molecule has 0 radical (unpaired) electrons. The topological polar surface area (TPSA) is 93.0 Å². The fourth-order valence-electron chi connectivity index (χ4n) is 3.74. The molecule has 0 spiro atoms. The lowest BCUT2D eigenvalue weighted by molar-refractivity contribution is -0.384. The Morgan fingerprint density at radius 1 is 1.13 bits per heavy atom. The van der Waals surface area contributed by atoms with Gasteiger partial charge in [0.05, 0.1) is 16.2 Å². The third-order valence-electron chi connectivity index (χ3n) is 5.56. The second-order valence-corrected chi connectivity index (χ2v) is 7.94. The number of likely N-dealkylation sites (N-methyl/N-ethyl adjacent to an activating group) is 1. The molecule has 1 saturated heterocycles. The zero-order valence-corrected chi connectivity index (χ0v) is 17.8. The highest BCUT2D eigenvalue weighted by Gasteiger charge is 2.26. The van der Waals surface area contributed by atoms with E-state index in [2.05, 4.69) is 17.0 Å². The Hall–Kier alpha value is -3.42. The van der Waals surface area contributed by atoms with Gasteiger partial charge in [0.15, 0.2) is 6.61 Å². The van der Waals surface area contributed by atoms with E-state index >= 15 is 0 Å². The van der Waals surface area contributed by atoms with E-state index < -0.39 is 17.5 Å². The van der Waals surface area contributed by atoms with E-state index in [1.807, 2.05) is 18.2 Å². The van der Waals surface area contributed by atoms with Crippen LogP contribution in [0.4, 0.5) is 11.4 Å². The molecule has 0 atom stereocenters. The fraction of sp³-hybridized carbons (Fsp3) is 0.391. The molecule has 2 aromatic rings. The summed E-state index contributed by atoms with van der Waals surface area (Å²) in [6.07, 6.45) is 2.93. The summed E-state index contributed by atoms with van der Waals surface area (Å²) in [5.74, 6) is -0.549. The Labute approximate surface area is 181 Å². The molecule has 0 unspecified atom stereocenters. The minimum atomic E-state index is -0.736. The first-order chi connectivity index (χ1) is 14.8. The van der Waals surface area contributed by atoms with Crippen LogP contribution < -0.4 is 4.90 Å². The number of hydrogen-bond acceptors (Lipinski definition) is 6. The maximum Gasteiger partial charge on any atom is 0.341 e. The molecule has 31 heavy (non-hydrogen) atoms. The summed E-state index contributed by atoms with van der Waals surface area (Å²) in [7, 11) is 3.13. The average Bonchev–Trinajstić information content (AvgIpc) is 2.78. The van der Waals surface area contributed by atoms with Gasteiger partial charge in [0.2, 0.25) is 0 Å². The van der Waals surface area contributed by atoms with Crippen molar-refractivity contribution in [1.82, 2.24) is 4.90 Å². The van der Waals surface area contributed by atoms with Crippen molar-refractivity contribution in [2.45, 2.75) is 19.3 Å². The second-order valence-electron chi connectivity index (χ2n) is 7.94. The van der Waals surface area contributed by atoms with E-state index in [4.69, 9.17) is 4.74 Å². The number of nitro benzene ring substituents is 1. The number of non-ortho nitro benzene ring substituents is 1. The molecule has 1 fully saturated rings. The summed E-state index contributed by atoms with van der Waals surface area (Å²) in [5, 5.41) is 11.2. The summed E-state index contributed by atoms with van der Waals surface area (Å²) in [5.41, 5.74) is 1.84. The number of anilines is 1. The smallest absolute Gasteiger partial charge is 0.341 e. The minimum Gasteiger partial charge on any atom is -0.452 e. The van der Waals surface area contributed by atoms with Crippen LogP contribution in [0.15, 0.2) is 48.5 Å². The van der Waals surface area contributed by atoms with Crippen molar-refractivity contribution in [1.29, 1.82) is 0 Å². The third-order valence-corrected chi connectivity index (χ3v) is 5.56. The Morgan fingerprint density at radius 2 is 1.81 bits per heavy atom. The molecule has 0 saturated carbocycles. The highest BCUT2D eigenvalue weighted by molar-refractivity contribution is 5.97. The van der Waals surface area contributed by atoms with Crippen LogP contribution in [0.3, 0.4) is 0 Å². The number of carbonyl (C=O) groups excluding carboxylic acids is 2. The van der Waals surface area contributed by atoms with Crippen LogP contribution >= 0.6 is 0 Å². The first-order valence-corrected chi connectivity index (χ1v) is 10.3. The SMILES string of the molecule is CN(C)C(=O)COC(=O)c1cc([N+](=O)[O-])ccc1N1CCC(Cc2ccccc2)CC1. The summed E-state index contributed by atoms with van der Waals surface area (Å²) in [6, 6.07) is 14.6. The first-order valence-electron chi connectivity index (χ1n) is 10.3. The van der Waals surface area contributed by atoms with Gasteiger partial charge in [-0.15, -0.1) is 0 Å². The summed E-state index contributed by atoms with van der Waals surface area (Å²) in [6.45, 7) is 1.07. The standard InChI is InChI=1S/C23H27N3O5/c1-24(2)22(27)16-31-23(28)20-15-19(26(29)30)8-9-21(20)25-12-10-18(11-13-25)14-17-6-4-3-5-7-17/h3-9,15,18H,10-14,16H2,1-2H3. The molecule has 0 bridgehead atoms. The number of carbonyl (C=O) groups is 2. The lowest BCUT2D eigenvalue weighted by atomic mass is 9.90. The van der Waals surface area contributed by atoms with E-state index in [0.717, 1.165) is 32.4 Å². The zero-order valence-electron chi connectivity index (χ0n) is 17.8. The molecule has 1 aliphatic rings. The number of nitro groups is 1. The zero-order chi connectivity index (χ0) is 22.4. The molecule has 164 valence electrons. The molecule has 3 rings (SSSR count). The molecule has 0 aromatic heterocycles. The van der Waals surface area contributed by atoms with Gasteiger partial charge in [-0.3, -0.25) is 14.9 Å². The number of hydrogen-bond donors (Lipinski definition) is 0. The average molecular weight is 425 g/mol. The molecule has 0 N–H and O–H groups in total. The number of rotatable bonds is 7. The van der Waals surface area contributed by atoms with Gasteiger partial charge in [-0.05, 0) is 36.8 Å². The normalized spacial score (nSPS) is 14.2. The fourth-order valence-corrected chi connectivity index (χ4v) is 3.74. The second kappa shape index (κ2) is 10.1. The van der Waals surface area contributed by atoms with Crippen LogP contribution in [0.25, 0.3) is 0 Å². The van der Waals surface area contributed by atoms with Crippen LogP contribution in [0.1, 0.15) is 28.8 Å². The molecule has 8 heteroatoms. The number of piperidine rings is 1. The van der Waals surface area contributed by atoms with Gasteiger partial charge in [-0.25, -0.2) is 4.79 Å². The van der Waals surface area contributed by atoms with Crippen LogP contribution in [-0.4, -0.2) is 55.5 Å². The summed E-state index contributed by atoms with van der Waals surface area (Å²) in [4.78, 5) is 38.5. The van der Waals surface area contributed by atoms with Crippen molar-refractivity contribution >= 4 is 23.3 Å². The Bertz CT molecular complexity index is 937. The summed E-state index contributed by atoms with van der Waals surface area (Å²) >= 11 is 0. The molecule has 1 aliphatic heterocycles.